The molecule has 0 spiro atoms. The van der Waals surface area contributed by atoms with Gasteiger partial charge in [0.1, 0.15) is 5.69 Å². The molecule has 3 heteroatoms. The van der Waals surface area contributed by atoms with Gasteiger partial charge in [-0.2, -0.15) is 0 Å². The van der Waals surface area contributed by atoms with E-state index in [0.29, 0.717) is 0 Å². The number of hydrogen-bond donors (Lipinski definition) is 0. The van der Waals surface area contributed by atoms with Crippen LogP contribution in [-0.2, 0) is 7.05 Å². The van der Waals surface area contributed by atoms with E-state index in [9.17, 15) is 0 Å². The highest BCUT2D eigenvalue weighted by Gasteiger charge is 2.01. The lowest BCUT2D eigenvalue weighted by Gasteiger charge is -1.93. The molecule has 0 atom stereocenters. The number of rotatable bonds is 2. The Bertz CT molecular complexity index is 284. The highest BCUT2D eigenvalue weighted by molar-refractivity contribution is 5.59. The molecule has 0 saturated heterocycles. The summed E-state index contributed by atoms with van der Waals surface area (Å²) in [5.41, 5.74) is 0.866. The van der Waals surface area contributed by atoms with E-state index in [4.69, 9.17) is 0 Å². The highest BCUT2D eigenvalue weighted by Crippen LogP contribution is 2.16. The van der Waals surface area contributed by atoms with E-state index in [1.807, 2.05) is 30.7 Å². The number of nitrogens with zero attached hydrogens (tertiary/aromatic N) is 3. The van der Waals surface area contributed by atoms with Crippen LogP contribution >= 0.6 is 0 Å². The van der Waals surface area contributed by atoms with E-state index in [0.717, 1.165) is 11.5 Å². The minimum Gasteiger partial charge on any atom is -0.318 e. The second kappa shape index (κ2) is 3.14. The third kappa shape index (κ3) is 1.37. The van der Waals surface area contributed by atoms with Crippen LogP contribution in [0.5, 0.6) is 0 Å². The summed E-state index contributed by atoms with van der Waals surface area (Å²) in [7, 11) is 1.89. The van der Waals surface area contributed by atoms with Crippen LogP contribution in [-0.4, -0.2) is 16.3 Å². The van der Waals surface area contributed by atoms with E-state index in [2.05, 4.69) is 16.7 Å². The quantitative estimate of drug-likeness (QED) is 0.589. The predicted octanol–water partition coefficient (Wildman–Crippen LogP) is 1.79. The minimum atomic E-state index is 0.808. The molecule has 0 aliphatic carbocycles. The van der Waals surface area contributed by atoms with Crippen molar-refractivity contribution in [1.82, 2.24) is 9.55 Å². The van der Waals surface area contributed by atoms with E-state index >= 15 is 0 Å². The summed E-state index contributed by atoms with van der Waals surface area (Å²) in [5.74, 6) is 0.808. The first-order chi connectivity index (χ1) is 5.29. The summed E-state index contributed by atoms with van der Waals surface area (Å²) in [6, 6.07) is 0. The molecule has 0 saturated carbocycles. The first-order valence-electron chi connectivity index (χ1n) is 3.40. The third-order valence-electron chi connectivity index (χ3n) is 1.41. The van der Waals surface area contributed by atoms with Crippen molar-refractivity contribution >= 4 is 18.6 Å². The molecule has 1 heterocycles. The maximum absolute atomic E-state index is 4.12. The van der Waals surface area contributed by atoms with Crippen LogP contribution in [0.1, 0.15) is 12.6 Å². The molecule has 0 N–H and O–H groups in total. The molecule has 1 aromatic rings. The zero-order chi connectivity index (χ0) is 8.27. The minimum absolute atomic E-state index is 0.808. The fourth-order valence-electron chi connectivity index (χ4n) is 0.910. The summed E-state index contributed by atoms with van der Waals surface area (Å²) < 4.78 is 1.84. The summed E-state index contributed by atoms with van der Waals surface area (Å²) in [5, 5.41) is 0. The Morgan fingerprint density at radius 1 is 1.73 bits per heavy atom. The number of allylic oxidation sites excluding steroid dienone is 1. The maximum atomic E-state index is 4.12. The van der Waals surface area contributed by atoms with Crippen LogP contribution in [0.15, 0.2) is 17.4 Å². The van der Waals surface area contributed by atoms with E-state index in [-0.39, 0.29) is 0 Å². The van der Waals surface area contributed by atoms with Gasteiger partial charge in [0.05, 0.1) is 6.33 Å². The van der Waals surface area contributed by atoms with Crippen molar-refractivity contribution in [3.63, 3.8) is 0 Å². The van der Waals surface area contributed by atoms with Crippen molar-refractivity contribution in [2.24, 2.45) is 12.0 Å². The molecule has 11 heavy (non-hydrogen) atoms. The fraction of sp³-hybridized carbons (Fsp3) is 0.250. The molecular weight excluding hydrogens is 138 g/mol. The number of imidazole rings is 1. The van der Waals surface area contributed by atoms with Crippen molar-refractivity contribution in [3.8, 4) is 0 Å². The first-order valence-corrected chi connectivity index (χ1v) is 3.40. The molecule has 0 aromatic carbocycles. The molecule has 1 aromatic heterocycles. The summed E-state index contributed by atoms with van der Waals surface area (Å²) in [6.07, 6.45) is 5.56. The molecule has 0 fully saturated rings. The Morgan fingerprint density at radius 2 is 2.45 bits per heavy atom. The van der Waals surface area contributed by atoms with Crippen molar-refractivity contribution < 1.29 is 0 Å². The summed E-state index contributed by atoms with van der Waals surface area (Å²) >= 11 is 0. The van der Waals surface area contributed by atoms with Crippen molar-refractivity contribution in [1.29, 1.82) is 0 Å². The average molecular weight is 149 g/mol. The maximum Gasteiger partial charge on any atom is 0.158 e. The van der Waals surface area contributed by atoms with Gasteiger partial charge >= 0.3 is 0 Å². The first kappa shape index (κ1) is 7.72. The second-order valence-electron chi connectivity index (χ2n) is 2.22. The molecule has 58 valence electrons. The monoisotopic (exact) mass is 149 g/mol. The van der Waals surface area contributed by atoms with E-state index in [1.165, 1.54) is 0 Å². The number of hydrogen-bond acceptors (Lipinski definition) is 2. The lowest BCUT2D eigenvalue weighted by molar-refractivity contribution is 0.913. The van der Waals surface area contributed by atoms with Crippen LogP contribution in [0.4, 0.5) is 5.82 Å². The number of aliphatic imine (C=N–C) groups is 1. The van der Waals surface area contributed by atoms with Crippen LogP contribution in [0.2, 0.25) is 0 Å². The highest BCUT2D eigenvalue weighted by atomic mass is 15.1. The second-order valence-corrected chi connectivity index (χ2v) is 2.22. The van der Waals surface area contributed by atoms with Crippen molar-refractivity contribution in [2.45, 2.75) is 6.92 Å². The standard InChI is InChI=1S/C8H11N3/c1-4-5-7-8(9-2)11(3)6-10-7/h4-6H,2H2,1,3H3/b5-4-. The van der Waals surface area contributed by atoms with E-state index in [1.54, 1.807) is 6.33 Å². The average Bonchev–Trinajstić information content (AvgIpc) is 2.33. The lowest BCUT2D eigenvalue weighted by atomic mass is 10.4. The Balaban J connectivity index is 3.15. The molecule has 0 aliphatic rings. The van der Waals surface area contributed by atoms with Gasteiger partial charge in [-0.25, -0.2) is 9.98 Å². The topological polar surface area (TPSA) is 30.2 Å². The van der Waals surface area contributed by atoms with Gasteiger partial charge < -0.3 is 4.57 Å². The van der Waals surface area contributed by atoms with Gasteiger partial charge in [-0.15, -0.1) is 0 Å². The van der Waals surface area contributed by atoms with Crippen LogP contribution in [0.3, 0.4) is 0 Å². The molecule has 0 bridgehead atoms. The Labute approximate surface area is 66.1 Å². The Morgan fingerprint density at radius 3 is 3.00 bits per heavy atom. The van der Waals surface area contributed by atoms with Crippen LogP contribution in [0, 0.1) is 0 Å². The van der Waals surface area contributed by atoms with Crippen molar-refractivity contribution in [2.75, 3.05) is 0 Å². The van der Waals surface area contributed by atoms with Gasteiger partial charge in [0, 0.05) is 7.05 Å². The van der Waals surface area contributed by atoms with Gasteiger partial charge in [0.2, 0.25) is 0 Å². The van der Waals surface area contributed by atoms with Crippen LogP contribution in [0.25, 0.3) is 6.08 Å². The SMILES string of the molecule is C=Nc1c(/C=C\C)ncn1C. The largest absolute Gasteiger partial charge is 0.318 e. The third-order valence-corrected chi connectivity index (χ3v) is 1.41. The molecule has 1 rings (SSSR count). The molecule has 0 radical (unpaired) electrons. The molecule has 0 unspecified atom stereocenters. The van der Waals surface area contributed by atoms with Gasteiger partial charge in [0.15, 0.2) is 5.82 Å². The molecule has 0 amide bonds. The predicted molar refractivity (Wildman–Crippen MR) is 47.1 cm³/mol. The van der Waals surface area contributed by atoms with Gasteiger partial charge in [-0.1, -0.05) is 6.08 Å². The number of aryl methyl sites for hydroxylation is 1. The molecule has 0 aliphatic heterocycles. The Kier molecular flexibility index (Phi) is 2.21. The van der Waals surface area contributed by atoms with Gasteiger partial charge in [0.25, 0.3) is 0 Å². The molecular formula is C8H11N3. The summed E-state index contributed by atoms with van der Waals surface area (Å²) in [6.45, 7) is 5.41. The van der Waals surface area contributed by atoms with Crippen molar-refractivity contribution in [3.05, 3.63) is 18.1 Å². The fourth-order valence-corrected chi connectivity index (χ4v) is 0.910. The summed E-state index contributed by atoms with van der Waals surface area (Å²) in [4.78, 5) is 7.97. The smallest absolute Gasteiger partial charge is 0.158 e. The van der Waals surface area contributed by atoms with Gasteiger partial charge in [-0.3, -0.25) is 0 Å². The Hall–Kier alpha value is -1.38. The van der Waals surface area contributed by atoms with Crippen LogP contribution < -0.4 is 0 Å². The van der Waals surface area contributed by atoms with Gasteiger partial charge in [-0.05, 0) is 19.7 Å². The normalized spacial score (nSPS) is 10.7. The zero-order valence-corrected chi connectivity index (χ0v) is 6.78. The molecule has 3 nitrogen and oxygen atoms in total. The zero-order valence-electron chi connectivity index (χ0n) is 6.78. The van der Waals surface area contributed by atoms with E-state index < -0.39 is 0 Å². The lowest BCUT2D eigenvalue weighted by Crippen LogP contribution is -1.82. The number of aromatic nitrogens is 2.